The summed E-state index contributed by atoms with van der Waals surface area (Å²) in [6.07, 6.45) is 5.44. The second-order valence-electron chi connectivity index (χ2n) is 6.11. The number of nitrogens with zero attached hydrogens (tertiary/aromatic N) is 2. The van der Waals surface area contributed by atoms with Crippen molar-refractivity contribution < 1.29 is 8.42 Å². The molecule has 1 aliphatic heterocycles. The van der Waals surface area contributed by atoms with E-state index in [0.717, 1.165) is 30.8 Å². The summed E-state index contributed by atoms with van der Waals surface area (Å²) < 4.78 is 26.2. The summed E-state index contributed by atoms with van der Waals surface area (Å²) in [4.78, 5) is 8.48. The van der Waals surface area contributed by atoms with Gasteiger partial charge < -0.3 is 4.90 Å². The Morgan fingerprint density at radius 2 is 2.22 bits per heavy atom. The number of sulfonamides is 1. The largest absolute Gasteiger partial charge is 0.366 e. The number of nitrogens with one attached hydrogen (secondary N) is 1. The van der Waals surface area contributed by atoms with E-state index < -0.39 is 10.0 Å². The van der Waals surface area contributed by atoms with Crippen molar-refractivity contribution in [2.24, 2.45) is 0 Å². The molecule has 5 nitrogen and oxygen atoms in total. The number of fused-ring (bicyclic) bond motifs is 1. The molecular weight excluding hydrogens is 330 g/mol. The molecule has 0 spiro atoms. The van der Waals surface area contributed by atoms with Gasteiger partial charge in [0.25, 0.3) is 0 Å². The fourth-order valence-corrected chi connectivity index (χ4v) is 4.88. The third-order valence-electron chi connectivity index (χ3n) is 4.47. The summed E-state index contributed by atoms with van der Waals surface area (Å²) in [6.45, 7) is 1.78. The molecular formula is C16H19N3O2S2. The van der Waals surface area contributed by atoms with Crippen LogP contribution in [0.5, 0.6) is 0 Å². The third kappa shape index (κ3) is 2.88. The highest BCUT2D eigenvalue weighted by Gasteiger charge is 2.27. The Kier molecular flexibility index (Phi) is 3.66. The molecule has 2 heterocycles. The van der Waals surface area contributed by atoms with Crippen LogP contribution < -0.4 is 9.62 Å². The molecule has 2 aromatic rings. The molecule has 0 bridgehead atoms. The molecule has 1 fully saturated rings. The van der Waals surface area contributed by atoms with Crippen molar-refractivity contribution in [3.05, 3.63) is 39.8 Å². The Morgan fingerprint density at radius 1 is 1.39 bits per heavy atom. The van der Waals surface area contributed by atoms with Crippen LogP contribution in [0.2, 0.25) is 0 Å². The van der Waals surface area contributed by atoms with Gasteiger partial charge in [0.05, 0.1) is 16.4 Å². The first-order valence-corrected chi connectivity index (χ1v) is 10.1. The molecule has 1 aromatic heterocycles. The maximum atomic E-state index is 11.9. The van der Waals surface area contributed by atoms with Crippen LogP contribution in [0.15, 0.2) is 29.3 Å². The number of hydrogen-bond acceptors (Lipinski definition) is 5. The van der Waals surface area contributed by atoms with Gasteiger partial charge in [-0.15, -0.1) is 11.3 Å². The predicted octanol–water partition coefficient (Wildman–Crippen LogP) is 2.49. The van der Waals surface area contributed by atoms with Crippen LogP contribution in [0.25, 0.3) is 0 Å². The van der Waals surface area contributed by atoms with Gasteiger partial charge in [0, 0.05) is 29.2 Å². The van der Waals surface area contributed by atoms with Crippen molar-refractivity contribution in [3.63, 3.8) is 0 Å². The number of hydrogen-bond donors (Lipinski definition) is 1. The first-order chi connectivity index (χ1) is 11.1. The smallest absolute Gasteiger partial charge is 0.240 e. The highest BCUT2D eigenvalue weighted by Crippen LogP contribution is 2.42. The minimum atomic E-state index is -3.37. The van der Waals surface area contributed by atoms with E-state index in [1.165, 1.54) is 29.8 Å². The third-order valence-corrected chi connectivity index (χ3v) is 7.02. The molecule has 23 heavy (non-hydrogen) atoms. The van der Waals surface area contributed by atoms with Crippen LogP contribution >= 0.6 is 11.3 Å². The zero-order valence-corrected chi connectivity index (χ0v) is 14.6. The number of aromatic nitrogens is 1. The van der Waals surface area contributed by atoms with E-state index in [4.69, 9.17) is 0 Å². The molecule has 1 N–H and O–H groups in total. The Morgan fingerprint density at radius 3 is 2.96 bits per heavy atom. The van der Waals surface area contributed by atoms with Crippen molar-refractivity contribution in [3.8, 4) is 0 Å². The number of anilines is 1. The van der Waals surface area contributed by atoms with E-state index >= 15 is 0 Å². The lowest BCUT2D eigenvalue weighted by atomic mass is 10.2. The lowest BCUT2D eigenvalue weighted by molar-refractivity contribution is 0.588. The second kappa shape index (κ2) is 5.58. The molecule has 1 aromatic carbocycles. The molecule has 1 saturated carbocycles. The van der Waals surface area contributed by atoms with Gasteiger partial charge in [0.15, 0.2) is 0 Å². The zero-order valence-electron chi connectivity index (χ0n) is 12.9. The van der Waals surface area contributed by atoms with Crippen LogP contribution in [0.4, 0.5) is 5.69 Å². The van der Waals surface area contributed by atoms with Crippen molar-refractivity contribution in [2.75, 3.05) is 18.5 Å². The van der Waals surface area contributed by atoms with Crippen LogP contribution in [0, 0.1) is 0 Å². The molecule has 1 aliphatic carbocycles. The van der Waals surface area contributed by atoms with Gasteiger partial charge in [0.2, 0.25) is 10.0 Å². The molecule has 0 amide bonds. The van der Waals surface area contributed by atoms with Crippen molar-refractivity contribution in [1.82, 2.24) is 9.71 Å². The molecule has 0 unspecified atom stereocenters. The molecule has 0 atom stereocenters. The van der Waals surface area contributed by atoms with Crippen LogP contribution in [0.1, 0.15) is 34.2 Å². The Labute approximate surface area is 140 Å². The Bertz CT molecular complexity index is 841. The summed E-state index contributed by atoms with van der Waals surface area (Å²) in [5.74, 6) is 0.703. The lowest BCUT2D eigenvalue weighted by Gasteiger charge is -2.18. The normalized spacial score (nSPS) is 17.5. The van der Waals surface area contributed by atoms with Gasteiger partial charge >= 0.3 is 0 Å². The number of rotatable bonds is 5. The van der Waals surface area contributed by atoms with Gasteiger partial charge in [-0.1, -0.05) is 0 Å². The van der Waals surface area contributed by atoms with Gasteiger partial charge in [0.1, 0.15) is 0 Å². The summed E-state index contributed by atoms with van der Waals surface area (Å²) in [5.41, 5.74) is 2.25. The summed E-state index contributed by atoms with van der Waals surface area (Å²) in [5, 5.41) is 1.27. The summed E-state index contributed by atoms with van der Waals surface area (Å²) >= 11 is 1.82. The average Bonchev–Trinajstić information content (AvgIpc) is 3.18. The predicted molar refractivity (Wildman–Crippen MR) is 91.5 cm³/mol. The molecule has 122 valence electrons. The van der Waals surface area contributed by atoms with E-state index in [0.29, 0.717) is 10.8 Å². The summed E-state index contributed by atoms with van der Waals surface area (Å²) in [6, 6.07) is 5.41. The fourth-order valence-electron chi connectivity index (χ4n) is 3.00. The molecule has 2 aliphatic rings. The van der Waals surface area contributed by atoms with Gasteiger partial charge in [-0.25, -0.2) is 18.1 Å². The SMILES string of the molecule is CNS(=O)(=O)c1ccc2c(c1)CCN2Cc1cnc(C2CC2)s1. The maximum Gasteiger partial charge on any atom is 0.240 e. The van der Waals surface area contributed by atoms with E-state index in [9.17, 15) is 8.42 Å². The number of thiazole rings is 1. The fraction of sp³-hybridized carbons (Fsp3) is 0.438. The Balaban J connectivity index is 1.55. The van der Waals surface area contributed by atoms with E-state index in [2.05, 4.69) is 14.6 Å². The van der Waals surface area contributed by atoms with E-state index in [1.807, 2.05) is 23.6 Å². The first-order valence-electron chi connectivity index (χ1n) is 7.83. The van der Waals surface area contributed by atoms with Gasteiger partial charge in [-0.05, 0) is 50.1 Å². The highest BCUT2D eigenvalue weighted by molar-refractivity contribution is 7.89. The minimum Gasteiger partial charge on any atom is -0.366 e. The van der Waals surface area contributed by atoms with Crippen LogP contribution in [-0.4, -0.2) is 27.0 Å². The van der Waals surface area contributed by atoms with Crippen LogP contribution in [-0.2, 0) is 23.0 Å². The van der Waals surface area contributed by atoms with Gasteiger partial charge in [-0.2, -0.15) is 0 Å². The molecule has 4 rings (SSSR count). The van der Waals surface area contributed by atoms with Crippen molar-refractivity contribution >= 4 is 27.0 Å². The van der Waals surface area contributed by atoms with Crippen molar-refractivity contribution in [1.29, 1.82) is 0 Å². The quantitative estimate of drug-likeness (QED) is 0.901. The zero-order chi connectivity index (χ0) is 16.0. The molecule has 0 saturated heterocycles. The molecule has 7 heteroatoms. The maximum absolute atomic E-state index is 11.9. The second-order valence-corrected chi connectivity index (χ2v) is 9.14. The number of benzene rings is 1. The van der Waals surface area contributed by atoms with Crippen molar-refractivity contribution in [2.45, 2.75) is 36.6 Å². The highest BCUT2D eigenvalue weighted by atomic mass is 32.2. The lowest BCUT2D eigenvalue weighted by Crippen LogP contribution is -2.19. The van der Waals surface area contributed by atoms with Crippen LogP contribution in [0.3, 0.4) is 0 Å². The topological polar surface area (TPSA) is 62.3 Å². The van der Waals surface area contributed by atoms with E-state index in [1.54, 1.807) is 12.1 Å². The average molecular weight is 349 g/mol. The Hall–Kier alpha value is -1.44. The standard InChI is InChI=1S/C16H19N3O2S2/c1-17-23(20,21)14-4-5-15-12(8-14)6-7-19(15)10-13-9-18-16(22-13)11-2-3-11/h4-5,8-9,11,17H,2-3,6-7,10H2,1H3. The monoisotopic (exact) mass is 349 g/mol. The van der Waals surface area contributed by atoms with Gasteiger partial charge in [-0.3, -0.25) is 0 Å². The van der Waals surface area contributed by atoms with E-state index in [-0.39, 0.29) is 0 Å². The summed E-state index contributed by atoms with van der Waals surface area (Å²) in [7, 11) is -1.93. The minimum absolute atomic E-state index is 0.342. The molecule has 0 radical (unpaired) electrons. The first kappa shape index (κ1) is 15.1.